The molecule has 1 heterocycles. The molecule has 2 rings (SSSR count). The average molecular weight is 365 g/mol. The van der Waals surface area contributed by atoms with Gasteiger partial charge in [-0.25, -0.2) is 4.79 Å². The molecule has 0 aliphatic carbocycles. The van der Waals surface area contributed by atoms with Gasteiger partial charge in [0, 0.05) is 12.1 Å². The van der Waals surface area contributed by atoms with Crippen LogP contribution in [0.5, 0.6) is 17.2 Å². The summed E-state index contributed by atoms with van der Waals surface area (Å²) in [6.45, 7) is 7.41. The van der Waals surface area contributed by atoms with Crippen molar-refractivity contribution in [3.8, 4) is 17.2 Å². The van der Waals surface area contributed by atoms with Crippen molar-refractivity contribution in [2.75, 3.05) is 33.5 Å². The standard InChI is InChI=1S/C19H27NO6/c1-5-24-15-11-13(12-16(25-6-2)17(15)26-7-3)18(21)20-10-8-9-14(20)19(22)23-4/h11-12,14H,5-10H2,1-4H3. The molecule has 0 spiro atoms. The van der Waals surface area contributed by atoms with Gasteiger partial charge in [-0.3, -0.25) is 4.79 Å². The Balaban J connectivity index is 2.41. The summed E-state index contributed by atoms with van der Waals surface area (Å²) in [5.74, 6) is 0.758. The first-order chi connectivity index (χ1) is 12.6. The molecule has 1 saturated heterocycles. The lowest BCUT2D eigenvalue weighted by molar-refractivity contribution is -0.145. The monoisotopic (exact) mass is 365 g/mol. The minimum Gasteiger partial charge on any atom is -0.490 e. The van der Waals surface area contributed by atoms with Gasteiger partial charge in [0.25, 0.3) is 5.91 Å². The minimum absolute atomic E-state index is 0.247. The van der Waals surface area contributed by atoms with Gasteiger partial charge in [-0.2, -0.15) is 0 Å². The molecule has 1 unspecified atom stereocenters. The van der Waals surface area contributed by atoms with Gasteiger partial charge in [0.2, 0.25) is 5.75 Å². The van der Waals surface area contributed by atoms with E-state index in [1.807, 2.05) is 20.8 Å². The molecule has 0 N–H and O–H groups in total. The van der Waals surface area contributed by atoms with Crippen molar-refractivity contribution < 1.29 is 28.5 Å². The highest BCUT2D eigenvalue weighted by Gasteiger charge is 2.36. The molecule has 1 atom stereocenters. The van der Waals surface area contributed by atoms with E-state index in [-0.39, 0.29) is 5.91 Å². The van der Waals surface area contributed by atoms with Crippen molar-refractivity contribution in [1.82, 2.24) is 4.90 Å². The van der Waals surface area contributed by atoms with Gasteiger partial charge in [-0.05, 0) is 45.7 Å². The van der Waals surface area contributed by atoms with Crippen LogP contribution in [-0.2, 0) is 9.53 Å². The first-order valence-electron chi connectivity index (χ1n) is 9.02. The van der Waals surface area contributed by atoms with Gasteiger partial charge >= 0.3 is 5.97 Å². The van der Waals surface area contributed by atoms with Crippen LogP contribution in [0.1, 0.15) is 44.0 Å². The second-order valence-electron chi connectivity index (χ2n) is 5.78. The zero-order valence-corrected chi connectivity index (χ0v) is 15.9. The summed E-state index contributed by atoms with van der Waals surface area (Å²) in [6, 6.07) is 2.74. The Kier molecular flexibility index (Phi) is 7.12. The van der Waals surface area contributed by atoms with E-state index in [0.29, 0.717) is 55.6 Å². The number of nitrogens with zero attached hydrogens (tertiary/aromatic N) is 1. The number of methoxy groups -OCH3 is 1. The highest BCUT2D eigenvalue weighted by Crippen LogP contribution is 2.39. The number of carbonyl (C=O) groups excluding carboxylic acids is 2. The summed E-state index contributed by atoms with van der Waals surface area (Å²) in [6.07, 6.45) is 1.37. The maximum absolute atomic E-state index is 13.0. The predicted octanol–water partition coefficient (Wildman–Crippen LogP) is 2.66. The van der Waals surface area contributed by atoms with Crippen LogP contribution in [0.4, 0.5) is 0 Å². The van der Waals surface area contributed by atoms with Crippen LogP contribution in [0.3, 0.4) is 0 Å². The molecule has 1 aliphatic heterocycles. The third kappa shape index (κ3) is 4.20. The molecule has 0 bridgehead atoms. The predicted molar refractivity (Wildman–Crippen MR) is 96.0 cm³/mol. The molecule has 7 heteroatoms. The van der Waals surface area contributed by atoms with E-state index in [0.717, 1.165) is 6.42 Å². The van der Waals surface area contributed by atoms with Gasteiger partial charge in [0.15, 0.2) is 11.5 Å². The van der Waals surface area contributed by atoms with E-state index >= 15 is 0 Å². The molecule has 1 fully saturated rings. The number of carbonyl (C=O) groups is 2. The van der Waals surface area contributed by atoms with Crippen molar-refractivity contribution >= 4 is 11.9 Å². The summed E-state index contributed by atoms with van der Waals surface area (Å²) in [4.78, 5) is 26.5. The Bertz CT molecular complexity index is 618. The van der Waals surface area contributed by atoms with E-state index in [4.69, 9.17) is 18.9 Å². The number of amides is 1. The SMILES string of the molecule is CCOc1cc(C(=O)N2CCCC2C(=O)OC)cc(OCC)c1OCC. The number of hydrogen-bond acceptors (Lipinski definition) is 6. The van der Waals surface area contributed by atoms with Crippen molar-refractivity contribution in [1.29, 1.82) is 0 Å². The molecular weight excluding hydrogens is 338 g/mol. The Labute approximate surface area is 154 Å². The zero-order valence-electron chi connectivity index (χ0n) is 15.9. The normalized spacial score (nSPS) is 16.3. The van der Waals surface area contributed by atoms with E-state index in [9.17, 15) is 9.59 Å². The van der Waals surface area contributed by atoms with E-state index in [1.54, 1.807) is 17.0 Å². The average Bonchev–Trinajstić information content (AvgIpc) is 3.13. The van der Waals surface area contributed by atoms with Crippen LogP contribution >= 0.6 is 0 Å². The summed E-state index contributed by atoms with van der Waals surface area (Å²) in [5, 5.41) is 0. The van der Waals surface area contributed by atoms with E-state index < -0.39 is 12.0 Å². The summed E-state index contributed by atoms with van der Waals surface area (Å²) in [7, 11) is 1.33. The topological polar surface area (TPSA) is 74.3 Å². The lowest BCUT2D eigenvalue weighted by atomic mass is 10.1. The van der Waals surface area contributed by atoms with Crippen LogP contribution in [0.2, 0.25) is 0 Å². The Morgan fingerprint density at radius 1 is 1.04 bits per heavy atom. The Hall–Kier alpha value is -2.44. The van der Waals surface area contributed by atoms with Crippen molar-refractivity contribution in [2.45, 2.75) is 39.7 Å². The maximum Gasteiger partial charge on any atom is 0.328 e. The number of rotatable bonds is 8. The second-order valence-corrected chi connectivity index (χ2v) is 5.78. The molecule has 0 saturated carbocycles. The largest absolute Gasteiger partial charge is 0.490 e. The van der Waals surface area contributed by atoms with Crippen molar-refractivity contribution in [2.24, 2.45) is 0 Å². The van der Waals surface area contributed by atoms with Crippen LogP contribution in [-0.4, -0.2) is 56.3 Å². The fourth-order valence-electron chi connectivity index (χ4n) is 3.07. The smallest absolute Gasteiger partial charge is 0.328 e. The first kappa shape index (κ1) is 19.9. The quantitative estimate of drug-likeness (QED) is 0.660. The number of hydrogen-bond donors (Lipinski definition) is 0. The lowest BCUT2D eigenvalue weighted by Gasteiger charge is -2.24. The van der Waals surface area contributed by atoms with Crippen molar-refractivity contribution in [3.05, 3.63) is 17.7 Å². The van der Waals surface area contributed by atoms with Gasteiger partial charge in [0.1, 0.15) is 6.04 Å². The zero-order chi connectivity index (χ0) is 19.1. The summed E-state index contributed by atoms with van der Waals surface area (Å²) in [5.41, 5.74) is 0.399. The fraction of sp³-hybridized carbons (Fsp3) is 0.579. The number of likely N-dealkylation sites (tertiary alicyclic amines) is 1. The van der Waals surface area contributed by atoms with E-state index in [2.05, 4.69) is 0 Å². The van der Waals surface area contributed by atoms with Gasteiger partial charge in [-0.1, -0.05) is 0 Å². The summed E-state index contributed by atoms with van der Waals surface area (Å²) >= 11 is 0. The second kappa shape index (κ2) is 9.31. The fourth-order valence-corrected chi connectivity index (χ4v) is 3.07. The third-order valence-corrected chi connectivity index (χ3v) is 4.14. The number of esters is 1. The van der Waals surface area contributed by atoms with Gasteiger partial charge < -0.3 is 23.8 Å². The molecule has 0 aromatic heterocycles. The maximum atomic E-state index is 13.0. The van der Waals surface area contributed by atoms with Crippen LogP contribution in [0, 0.1) is 0 Å². The Morgan fingerprint density at radius 3 is 2.12 bits per heavy atom. The summed E-state index contributed by atoms with van der Waals surface area (Å²) < 4.78 is 21.8. The number of ether oxygens (including phenoxy) is 4. The molecule has 7 nitrogen and oxygen atoms in total. The van der Waals surface area contributed by atoms with Crippen LogP contribution in [0.15, 0.2) is 12.1 Å². The molecule has 1 amide bonds. The van der Waals surface area contributed by atoms with Gasteiger partial charge in [0.05, 0.1) is 26.9 Å². The van der Waals surface area contributed by atoms with Crippen molar-refractivity contribution in [3.63, 3.8) is 0 Å². The lowest BCUT2D eigenvalue weighted by Crippen LogP contribution is -2.41. The third-order valence-electron chi connectivity index (χ3n) is 4.14. The highest BCUT2D eigenvalue weighted by atomic mass is 16.5. The van der Waals surface area contributed by atoms with E-state index in [1.165, 1.54) is 7.11 Å². The molecule has 26 heavy (non-hydrogen) atoms. The number of benzene rings is 1. The molecule has 144 valence electrons. The molecular formula is C19H27NO6. The minimum atomic E-state index is -0.551. The van der Waals surface area contributed by atoms with Gasteiger partial charge in [-0.15, -0.1) is 0 Å². The molecule has 1 aromatic carbocycles. The first-order valence-corrected chi connectivity index (χ1v) is 9.02. The molecule has 0 radical (unpaired) electrons. The molecule has 1 aliphatic rings. The van der Waals surface area contributed by atoms with Crippen LogP contribution < -0.4 is 14.2 Å². The highest BCUT2D eigenvalue weighted by molar-refractivity contribution is 5.98. The Morgan fingerprint density at radius 2 is 1.62 bits per heavy atom. The molecule has 1 aromatic rings. The van der Waals surface area contributed by atoms with Crippen LogP contribution in [0.25, 0.3) is 0 Å².